The van der Waals surface area contributed by atoms with Crippen LogP contribution in [0, 0.1) is 0 Å². The van der Waals surface area contributed by atoms with E-state index in [1.54, 1.807) is 12.4 Å². The second-order valence-corrected chi connectivity index (χ2v) is 7.45. The van der Waals surface area contributed by atoms with Gasteiger partial charge in [-0.15, -0.1) is 11.3 Å². The first-order valence-electron chi connectivity index (χ1n) is 8.43. The molecule has 1 amide bonds. The number of carbonyl (C=O) groups excluding carboxylic acids is 1. The smallest absolute Gasteiger partial charge is 0.223 e. The molecule has 0 spiro atoms. The van der Waals surface area contributed by atoms with Gasteiger partial charge in [-0.2, -0.15) is 0 Å². The Morgan fingerprint density at radius 1 is 1.33 bits per heavy atom. The summed E-state index contributed by atoms with van der Waals surface area (Å²) < 4.78 is 0. The van der Waals surface area contributed by atoms with Crippen LogP contribution in [0.15, 0.2) is 29.9 Å². The fraction of sp³-hybridized carbons (Fsp3) is 0.500. The van der Waals surface area contributed by atoms with Crippen LogP contribution in [-0.2, 0) is 4.79 Å². The van der Waals surface area contributed by atoms with Crippen LogP contribution in [0.1, 0.15) is 56.5 Å². The van der Waals surface area contributed by atoms with E-state index >= 15 is 0 Å². The lowest BCUT2D eigenvalue weighted by molar-refractivity contribution is -0.128. The summed E-state index contributed by atoms with van der Waals surface area (Å²) in [6.45, 7) is 1.93. The minimum absolute atomic E-state index is 0.104. The van der Waals surface area contributed by atoms with Crippen molar-refractivity contribution in [2.45, 2.75) is 57.1 Å². The van der Waals surface area contributed by atoms with Crippen molar-refractivity contribution in [1.29, 1.82) is 0 Å². The van der Waals surface area contributed by atoms with E-state index in [9.17, 15) is 9.90 Å². The Labute approximate surface area is 146 Å². The van der Waals surface area contributed by atoms with Gasteiger partial charge in [0.1, 0.15) is 5.01 Å². The fourth-order valence-corrected chi connectivity index (χ4v) is 4.02. The second-order valence-electron chi connectivity index (χ2n) is 6.56. The molecule has 0 bridgehead atoms. The number of carbonyl (C=O) groups is 1. The number of hydrogen-bond acceptors (Lipinski definition) is 5. The lowest BCUT2D eigenvalue weighted by Gasteiger charge is -2.31. The molecule has 6 heteroatoms. The molecule has 5 nitrogen and oxygen atoms in total. The van der Waals surface area contributed by atoms with Crippen molar-refractivity contribution in [2.75, 3.05) is 0 Å². The molecule has 0 aliphatic heterocycles. The molecular weight excluding hydrogens is 322 g/mol. The molecular formula is C18H23N3O2S. The van der Waals surface area contributed by atoms with E-state index < -0.39 is 5.60 Å². The zero-order valence-electron chi connectivity index (χ0n) is 13.9. The predicted octanol–water partition coefficient (Wildman–Crippen LogP) is 3.47. The van der Waals surface area contributed by atoms with Crippen molar-refractivity contribution < 1.29 is 9.90 Å². The van der Waals surface area contributed by atoms with E-state index in [1.807, 2.05) is 24.4 Å². The van der Waals surface area contributed by atoms with Crippen molar-refractivity contribution >= 4 is 17.2 Å². The Kier molecular flexibility index (Phi) is 5.26. The Bertz CT molecular complexity index is 681. The van der Waals surface area contributed by atoms with E-state index in [4.69, 9.17) is 0 Å². The summed E-state index contributed by atoms with van der Waals surface area (Å²) in [7, 11) is 0. The van der Waals surface area contributed by atoms with Gasteiger partial charge in [0.2, 0.25) is 5.91 Å². The quantitative estimate of drug-likeness (QED) is 0.870. The summed E-state index contributed by atoms with van der Waals surface area (Å²) in [6, 6.07) is 3.67. The summed E-state index contributed by atoms with van der Waals surface area (Å²) >= 11 is 1.53. The molecule has 24 heavy (non-hydrogen) atoms. The highest BCUT2D eigenvalue weighted by Gasteiger charge is 2.32. The summed E-state index contributed by atoms with van der Waals surface area (Å²) in [5, 5.41) is 16.3. The Morgan fingerprint density at radius 2 is 2.04 bits per heavy atom. The first kappa shape index (κ1) is 17.0. The SMILES string of the molecule is CC(NC(=O)CC1(O)CCCCC1)c1nc(-c2ccncc2)cs1. The zero-order chi connectivity index (χ0) is 17.0. The van der Waals surface area contributed by atoms with Gasteiger partial charge in [0.25, 0.3) is 0 Å². The van der Waals surface area contributed by atoms with E-state index in [1.165, 1.54) is 11.3 Å². The molecule has 3 rings (SSSR count). The van der Waals surface area contributed by atoms with E-state index in [2.05, 4.69) is 15.3 Å². The highest BCUT2D eigenvalue weighted by molar-refractivity contribution is 7.10. The maximum absolute atomic E-state index is 12.3. The standard InChI is InChI=1S/C18H23N3O2S/c1-13(20-16(22)11-18(23)7-3-2-4-8-18)17-21-15(12-24-17)14-5-9-19-10-6-14/h5-6,9-10,12-13,23H,2-4,7-8,11H2,1H3,(H,20,22). The normalized spacial score (nSPS) is 18.1. The summed E-state index contributed by atoms with van der Waals surface area (Å²) in [5.41, 5.74) is 1.08. The van der Waals surface area contributed by atoms with Gasteiger partial charge in [-0.05, 0) is 31.9 Å². The molecule has 2 aromatic heterocycles. The van der Waals surface area contributed by atoms with Crippen molar-refractivity contribution in [3.8, 4) is 11.3 Å². The zero-order valence-corrected chi connectivity index (χ0v) is 14.7. The number of rotatable bonds is 5. The maximum atomic E-state index is 12.3. The van der Waals surface area contributed by atoms with Gasteiger partial charge in [0, 0.05) is 23.3 Å². The van der Waals surface area contributed by atoms with Gasteiger partial charge in [-0.25, -0.2) is 4.98 Å². The highest BCUT2D eigenvalue weighted by Crippen LogP contribution is 2.31. The number of pyridine rings is 1. The molecule has 1 aliphatic carbocycles. The lowest BCUT2D eigenvalue weighted by Crippen LogP contribution is -2.39. The largest absolute Gasteiger partial charge is 0.389 e. The molecule has 1 unspecified atom stereocenters. The maximum Gasteiger partial charge on any atom is 0.223 e. The topological polar surface area (TPSA) is 75.1 Å². The summed E-state index contributed by atoms with van der Waals surface area (Å²) in [6.07, 6.45) is 8.25. The van der Waals surface area contributed by atoms with Gasteiger partial charge < -0.3 is 10.4 Å². The van der Waals surface area contributed by atoms with Crippen LogP contribution in [0.4, 0.5) is 0 Å². The Balaban J connectivity index is 1.59. The third-order valence-electron chi connectivity index (χ3n) is 4.52. The van der Waals surface area contributed by atoms with Crippen LogP contribution in [0.2, 0.25) is 0 Å². The first-order chi connectivity index (χ1) is 11.6. The number of nitrogens with zero attached hydrogens (tertiary/aromatic N) is 2. The Hall–Kier alpha value is -1.79. The number of amides is 1. The second kappa shape index (κ2) is 7.40. The monoisotopic (exact) mass is 345 g/mol. The lowest BCUT2D eigenvalue weighted by atomic mass is 9.82. The average Bonchev–Trinajstić information content (AvgIpc) is 3.06. The third-order valence-corrected chi connectivity index (χ3v) is 5.55. The molecule has 0 saturated heterocycles. The van der Waals surface area contributed by atoms with E-state index in [-0.39, 0.29) is 18.4 Å². The molecule has 2 N–H and O–H groups in total. The highest BCUT2D eigenvalue weighted by atomic mass is 32.1. The van der Waals surface area contributed by atoms with Crippen LogP contribution >= 0.6 is 11.3 Å². The molecule has 1 fully saturated rings. The molecule has 128 valence electrons. The number of nitrogens with one attached hydrogen (secondary N) is 1. The molecule has 1 aliphatic rings. The van der Waals surface area contributed by atoms with Crippen LogP contribution in [-0.4, -0.2) is 26.6 Å². The van der Waals surface area contributed by atoms with Crippen molar-refractivity contribution in [2.24, 2.45) is 0 Å². The fourth-order valence-electron chi connectivity index (χ4n) is 3.18. The third kappa shape index (κ3) is 4.19. The molecule has 1 atom stereocenters. The van der Waals surface area contributed by atoms with Gasteiger partial charge in [-0.3, -0.25) is 9.78 Å². The number of thiazole rings is 1. The van der Waals surface area contributed by atoms with E-state index in [0.29, 0.717) is 0 Å². The van der Waals surface area contributed by atoms with Crippen LogP contribution in [0.25, 0.3) is 11.3 Å². The molecule has 0 aromatic carbocycles. The van der Waals surface area contributed by atoms with Crippen LogP contribution < -0.4 is 5.32 Å². The van der Waals surface area contributed by atoms with Gasteiger partial charge in [0.15, 0.2) is 0 Å². The number of hydrogen-bond donors (Lipinski definition) is 2. The number of aromatic nitrogens is 2. The Morgan fingerprint density at radius 3 is 2.75 bits per heavy atom. The van der Waals surface area contributed by atoms with E-state index in [0.717, 1.165) is 48.4 Å². The van der Waals surface area contributed by atoms with Crippen LogP contribution in [0.3, 0.4) is 0 Å². The first-order valence-corrected chi connectivity index (χ1v) is 9.31. The molecule has 2 heterocycles. The minimum atomic E-state index is -0.826. The molecule has 0 radical (unpaired) electrons. The van der Waals surface area contributed by atoms with Crippen molar-refractivity contribution in [3.63, 3.8) is 0 Å². The van der Waals surface area contributed by atoms with Gasteiger partial charge in [-0.1, -0.05) is 19.3 Å². The van der Waals surface area contributed by atoms with Crippen LogP contribution in [0.5, 0.6) is 0 Å². The summed E-state index contributed by atoms with van der Waals surface area (Å²) in [4.78, 5) is 20.9. The van der Waals surface area contributed by atoms with Gasteiger partial charge >= 0.3 is 0 Å². The average molecular weight is 345 g/mol. The van der Waals surface area contributed by atoms with Crippen molar-refractivity contribution in [3.05, 3.63) is 34.9 Å². The summed E-state index contributed by atoms with van der Waals surface area (Å²) in [5.74, 6) is -0.104. The minimum Gasteiger partial charge on any atom is -0.389 e. The van der Waals surface area contributed by atoms with Crippen molar-refractivity contribution in [1.82, 2.24) is 15.3 Å². The predicted molar refractivity (Wildman–Crippen MR) is 94.6 cm³/mol. The number of aliphatic hydroxyl groups is 1. The molecule has 2 aromatic rings. The molecule has 1 saturated carbocycles. The van der Waals surface area contributed by atoms with Gasteiger partial charge in [0.05, 0.1) is 23.8 Å².